The Labute approximate surface area is 109 Å². The maximum Gasteiger partial charge on any atom is 0.244 e. The molecule has 0 radical (unpaired) electrons. The summed E-state index contributed by atoms with van der Waals surface area (Å²) in [5, 5.41) is 2.68. The first-order valence-corrected chi connectivity index (χ1v) is 6.63. The molecule has 2 amide bonds. The van der Waals surface area contributed by atoms with E-state index in [9.17, 15) is 14.0 Å². The van der Waals surface area contributed by atoms with Crippen molar-refractivity contribution in [2.45, 2.75) is 6.92 Å². The van der Waals surface area contributed by atoms with Crippen molar-refractivity contribution >= 4 is 29.3 Å². The van der Waals surface area contributed by atoms with Crippen molar-refractivity contribution < 1.29 is 14.0 Å². The summed E-state index contributed by atoms with van der Waals surface area (Å²) >= 11 is 1.49. The molecule has 1 aliphatic heterocycles. The van der Waals surface area contributed by atoms with Crippen molar-refractivity contribution in [2.75, 3.05) is 23.5 Å². The molecule has 1 N–H and O–H groups in total. The number of carbonyl (C=O) groups excluding carboxylic acids is 2. The quantitative estimate of drug-likeness (QED) is 0.906. The Balaban J connectivity index is 1.96. The standard InChI is InChI=1S/C12H13FN2O2S/c1-8-4-9(13)2-3-10(8)14-11(16)5-15-7-18-6-12(15)17/h2-4H,5-7H2,1H3,(H,14,16). The molecule has 18 heavy (non-hydrogen) atoms. The SMILES string of the molecule is Cc1cc(F)ccc1NC(=O)CN1CSCC1=O. The van der Waals surface area contributed by atoms with Crippen LogP contribution < -0.4 is 5.32 Å². The van der Waals surface area contributed by atoms with Gasteiger partial charge in [-0.3, -0.25) is 9.59 Å². The Kier molecular flexibility index (Phi) is 3.86. The van der Waals surface area contributed by atoms with E-state index in [0.29, 0.717) is 22.9 Å². The Hall–Kier alpha value is -1.56. The van der Waals surface area contributed by atoms with Crippen LogP contribution in [0.3, 0.4) is 0 Å². The highest BCUT2D eigenvalue weighted by Crippen LogP contribution is 2.17. The van der Waals surface area contributed by atoms with Crippen LogP contribution in [-0.2, 0) is 9.59 Å². The fraction of sp³-hybridized carbons (Fsp3) is 0.333. The van der Waals surface area contributed by atoms with Gasteiger partial charge in [-0.1, -0.05) is 0 Å². The number of nitrogens with zero attached hydrogens (tertiary/aromatic N) is 1. The maximum absolute atomic E-state index is 12.9. The van der Waals surface area contributed by atoms with Crippen LogP contribution in [0.4, 0.5) is 10.1 Å². The first kappa shape index (κ1) is 12.9. The molecule has 0 aromatic heterocycles. The molecule has 0 saturated carbocycles. The molecular weight excluding hydrogens is 255 g/mol. The zero-order chi connectivity index (χ0) is 13.1. The number of carbonyl (C=O) groups is 2. The Bertz CT molecular complexity index is 493. The summed E-state index contributed by atoms with van der Waals surface area (Å²) in [6, 6.07) is 4.16. The van der Waals surface area contributed by atoms with E-state index >= 15 is 0 Å². The zero-order valence-electron chi connectivity index (χ0n) is 9.90. The smallest absolute Gasteiger partial charge is 0.244 e. The van der Waals surface area contributed by atoms with Crippen LogP contribution in [0.1, 0.15) is 5.56 Å². The molecule has 0 spiro atoms. The lowest BCUT2D eigenvalue weighted by Crippen LogP contribution is -2.34. The van der Waals surface area contributed by atoms with Crippen molar-refractivity contribution in [3.63, 3.8) is 0 Å². The molecule has 1 aliphatic rings. The number of amides is 2. The van der Waals surface area contributed by atoms with E-state index in [0.717, 1.165) is 0 Å². The second-order valence-corrected chi connectivity index (χ2v) is 5.03. The minimum absolute atomic E-state index is 0.0222. The Morgan fingerprint density at radius 2 is 2.33 bits per heavy atom. The summed E-state index contributed by atoms with van der Waals surface area (Å²) in [7, 11) is 0. The molecule has 4 nitrogen and oxygen atoms in total. The van der Waals surface area contributed by atoms with Crippen LogP contribution in [0.25, 0.3) is 0 Å². The van der Waals surface area contributed by atoms with Crippen LogP contribution in [0.2, 0.25) is 0 Å². The van der Waals surface area contributed by atoms with Crippen LogP contribution in [0.5, 0.6) is 0 Å². The number of thioether (sulfide) groups is 1. The predicted octanol–water partition coefficient (Wildman–Crippen LogP) is 1.61. The molecule has 96 valence electrons. The number of aryl methyl sites for hydroxylation is 1. The third-order valence-corrected chi connectivity index (χ3v) is 3.57. The number of hydrogen-bond donors (Lipinski definition) is 1. The summed E-state index contributed by atoms with van der Waals surface area (Å²) in [6.45, 7) is 1.76. The van der Waals surface area contributed by atoms with E-state index in [-0.39, 0.29) is 24.2 Å². The highest BCUT2D eigenvalue weighted by Gasteiger charge is 2.22. The summed E-state index contributed by atoms with van der Waals surface area (Å²) in [5.74, 6) is 0.362. The van der Waals surface area contributed by atoms with E-state index in [1.165, 1.54) is 34.9 Å². The average Bonchev–Trinajstić information content (AvgIpc) is 2.69. The highest BCUT2D eigenvalue weighted by atomic mass is 32.2. The van der Waals surface area contributed by atoms with Gasteiger partial charge in [0.25, 0.3) is 0 Å². The number of hydrogen-bond acceptors (Lipinski definition) is 3. The number of rotatable bonds is 3. The minimum atomic E-state index is -0.336. The number of benzene rings is 1. The average molecular weight is 268 g/mol. The van der Waals surface area contributed by atoms with Gasteiger partial charge >= 0.3 is 0 Å². The fourth-order valence-corrected chi connectivity index (χ4v) is 2.57. The molecular formula is C12H13FN2O2S. The van der Waals surface area contributed by atoms with Gasteiger partial charge < -0.3 is 10.2 Å². The summed E-state index contributed by atoms with van der Waals surface area (Å²) in [4.78, 5) is 24.6. The molecule has 1 saturated heterocycles. The highest BCUT2D eigenvalue weighted by molar-refractivity contribution is 8.00. The van der Waals surface area contributed by atoms with Crippen molar-refractivity contribution in [2.24, 2.45) is 0 Å². The summed E-state index contributed by atoms with van der Waals surface area (Å²) in [6.07, 6.45) is 0. The van der Waals surface area contributed by atoms with E-state index < -0.39 is 0 Å². The molecule has 1 aromatic carbocycles. The van der Waals surface area contributed by atoms with E-state index in [4.69, 9.17) is 0 Å². The predicted molar refractivity (Wildman–Crippen MR) is 68.8 cm³/mol. The van der Waals surface area contributed by atoms with Crippen LogP contribution in [-0.4, -0.2) is 34.9 Å². The van der Waals surface area contributed by atoms with Crippen LogP contribution in [0.15, 0.2) is 18.2 Å². The maximum atomic E-state index is 12.9. The third kappa shape index (κ3) is 3.01. The molecule has 1 heterocycles. The van der Waals surface area contributed by atoms with Gasteiger partial charge in [0.05, 0.1) is 11.6 Å². The topological polar surface area (TPSA) is 49.4 Å². The second-order valence-electron chi connectivity index (χ2n) is 4.08. The molecule has 0 bridgehead atoms. The van der Waals surface area contributed by atoms with Crippen LogP contribution >= 0.6 is 11.8 Å². The largest absolute Gasteiger partial charge is 0.324 e. The number of anilines is 1. The van der Waals surface area contributed by atoms with Crippen molar-refractivity contribution in [3.05, 3.63) is 29.6 Å². The van der Waals surface area contributed by atoms with Gasteiger partial charge in [0.1, 0.15) is 12.4 Å². The van der Waals surface area contributed by atoms with Gasteiger partial charge in [-0.25, -0.2) is 4.39 Å². The Morgan fingerprint density at radius 1 is 1.56 bits per heavy atom. The molecule has 1 fully saturated rings. The molecule has 2 rings (SSSR count). The molecule has 0 unspecified atom stereocenters. The lowest BCUT2D eigenvalue weighted by molar-refractivity contribution is -0.130. The van der Waals surface area contributed by atoms with Crippen molar-refractivity contribution in [1.29, 1.82) is 0 Å². The number of nitrogens with one attached hydrogen (secondary N) is 1. The normalized spacial score (nSPS) is 15.0. The van der Waals surface area contributed by atoms with Gasteiger partial charge in [0.2, 0.25) is 11.8 Å². The second kappa shape index (κ2) is 5.39. The fourth-order valence-electron chi connectivity index (χ4n) is 1.67. The third-order valence-electron chi connectivity index (χ3n) is 2.62. The monoisotopic (exact) mass is 268 g/mol. The molecule has 6 heteroatoms. The minimum Gasteiger partial charge on any atom is -0.324 e. The lowest BCUT2D eigenvalue weighted by Gasteiger charge is -2.15. The molecule has 0 aliphatic carbocycles. The summed E-state index contributed by atoms with van der Waals surface area (Å²) in [5.41, 5.74) is 1.23. The lowest BCUT2D eigenvalue weighted by atomic mass is 10.2. The number of halogens is 1. The summed E-state index contributed by atoms with van der Waals surface area (Å²) < 4.78 is 12.9. The van der Waals surface area contributed by atoms with E-state index in [1.54, 1.807) is 6.92 Å². The van der Waals surface area contributed by atoms with Crippen molar-refractivity contribution in [3.8, 4) is 0 Å². The van der Waals surface area contributed by atoms with Crippen LogP contribution in [0, 0.1) is 12.7 Å². The van der Waals surface area contributed by atoms with Gasteiger partial charge in [0, 0.05) is 5.69 Å². The van der Waals surface area contributed by atoms with E-state index in [2.05, 4.69) is 5.32 Å². The van der Waals surface area contributed by atoms with Gasteiger partial charge in [-0.2, -0.15) is 0 Å². The van der Waals surface area contributed by atoms with Gasteiger partial charge in [0.15, 0.2) is 0 Å². The van der Waals surface area contributed by atoms with Gasteiger partial charge in [-0.05, 0) is 30.7 Å². The molecule has 0 atom stereocenters. The molecule has 1 aromatic rings. The first-order chi connectivity index (χ1) is 8.56. The zero-order valence-corrected chi connectivity index (χ0v) is 10.7. The first-order valence-electron chi connectivity index (χ1n) is 5.48. The van der Waals surface area contributed by atoms with Gasteiger partial charge in [-0.15, -0.1) is 11.8 Å². The Morgan fingerprint density at radius 3 is 2.94 bits per heavy atom. The van der Waals surface area contributed by atoms with E-state index in [1.807, 2.05) is 0 Å². The van der Waals surface area contributed by atoms with Crippen molar-refractivity contribution in [1.82, 2.24) is 4.90 Å².